The van der Waals surface area contributed by atoms with E-state index in [-0.39, 0.29) is 12.1 Å². The maximum absolute atomic E-state index is 11.6. The molecule has 1 amide bonds. The summed E-state index contributed by atoms with van der Waals surface area (Å²) in [5.41, 5.74) is 5.36. The molecule has 1 aliphatic carbocycles. The van der Waals surface area contributed by atoms with Crippen molar-refractivity contribution < 1.29 is 14.3 Å². The van der Waals surface area contributed by atoms with Crippen LogP contribution in [0.3, 0.4) is 0 Å². The third kappa shape index (κ3) is 9.23. The Bertz CT molecular complexity index is 327. The van der Waals surface area contributed by atoms with Crippen LogP contribution in [0.25, 0.3) is 0 Å². The Hall–Kier alpha value is -0.850. The Kier molecular flexibility index (Phi) is 8.14. The minimum Gasteiger partial charge on any atom is -0.444 e. The van der Waals surface area contributed by atoms with Crippen LogP contribution in [0.5, 0.6) is 0 Å². The first kappa shape index (κ1) is 19.2. The lowest BCUT2D eigenvalue weighted by molar-refractivity contribution is 0.0519. The number of alkyl carbamates (subject to hydrolysis) is 1. The van der Waals surface area contributed by atoms with E-state index in [0.717, 1.165) is 32.1 Å². The summed E-state index contributed by atoms with van der Waals surface area (Å²) in [7, 11) is 2.05. The van der Waals surface area contributed by atoms with E-state index < -0.39 is 5.60 Å². The molecule has 0 spiro atoms. The summed E-state index contributed by atoms with van der Waals surface area (Å²) in [4.78, 5) is 13.8. The lowest BCUT2D eigenvalue weighted by atomic mass is 10.2. The Balaban J connectivity index is 2.12. The van der Waals surface area contributed by atoms with Gasteiger partial charge < -0.3 is 20.5 Å². The van der Waals surface area contributed by atoms with Crippen molar-refractivity contribution in [2.24, 2.45) is 11.7 Å². The van der Waals surface area contributed by atoms with Crippen LogP contribution in [0, 0.1) is 5.92 Å². The van der Waals surface area contributed by atoms with E-state index in [0.29, 0.717) is 13.1 Å². The Morgan fingerprint density at radius 1 is 1.41 bits per heavy atom. The number of carbonyl (C=O) groups is 1. The highest BCUT2D eigenvalue weighted by Crippen LogP contribution is 2.28. The topological polar surface area (TPSA) is 76.8 Å². The fourth-order valence-electron chi connectivity index (χ4n) is 2.10. The molecule has 6 nitrogen and oxygen atoms in total. The number of likely N-dealkylation sites (N-methyl/N-ethyl adjacent to an activating group) is 1. The summed E-state index contributed by atoms with van der Waals surface area (Å²) in [5, 5.41) is 2.77. The molecule has 130 valence electrons. The minimum absolute atomic E-state index is 0.236. The zero-order valence-corrected chi connectivity index (χ0v) is 14.6. The second-order valence-electron chi connectivity index (χ2n) is 7.11. The number of amides is 1. The molecule has 1 unspecified atom stereocenters. The number of carbonyl (C=O) groups excluding carboxylic acids is 1. The monoisotopic (exact) mass is 315 g/mol. The van der Waals surface area contributed by atoms with Crippen LogP contribution in [0.15, 0.2) is 0 Å². The summed E-state index contributed by atoms with van der Waals surface area (Å²) in [5.74, 6) is 0.800. The van der Waals surface area contributed by atoms with Gasteiger partial charge in [0.1, 0.15) is 5.60 Å². The summed E-state index contributed by atoms with van der Waals surface area (Å²) in [6.45, 7) is 9.17. The largest absolute Gasteiger partial charge is 0.444 e. The number of ether oxygens (including phenoxy) is 2. The first-order valence-corrected chi connectivity index (χ1v) is 8.26. The van der Waals surface area contributed by atoms with Crippen LogP contribution < -0.4 is 11.1 Å². The zero-order valence-electron chi connectivity index (χ0n) is 14.6. The predicted octanol–water partition coefficient (Wildman–Crippen LogP) is 1.59. The molecule has 1 fully saturated rings. The van der Waals surface area contributed by atoms with Crippen molar-refractivity contribution >= 4 is 6.09 Å². The maximum Gasteiger partial charge on any atom is 0.407 e. The van der Waals surface area contributed by atoms with Gasteiger partial charge in [0.2, 0.25) is 0 Å². The third-order valence-corrected chi connectivity index (χ3v) is 3.68. The van der Waals surface area contributed by atoms with Crippen molar-refractivity contribution in [3.8, 4) is 0 Å². The smallest absolute Gasteiger partial charge is 0.407 e. The van der Waals surface area contributed by atoms with Gasteiger partial charge in [0, 0.05) is 32.3 Å². The summed E-state index contributed by atoms with van der Waals surface area (Å²) in [6, 6.07) is 0.236. The number of nitrogens with one attached hydrogen (secondary N) is 1. The maximum atomic E-state index is 11.6. The van der Waals surface area contributed by atoms with Crippen molar-refractivity contribution in [1.82, 2.24) is 10.2 Å². The molecule has 0 heterocycles. The zero-order chi connectivity index (χ0) is 16.6. The number of nitrogens with zero attached hydrogens (tertiary/aromatic N) is 1. The van der Waals surface area contributed by atoms with E-state index in [1.165, 1.54) is 12.8 Å². The van der Waals surface area contributed by atoms with E-state index in [1.54, 1.807) is 0 Å². The normalized spacial score (nSPS) is 16.6. The second-order valence-corrected chi connectivity index (χ2v) is 7.11. The van der Waals surface area contributed by atoms with Crippen molar-refractivity contribution in [1.29, 1.82) is 0 Å². The minimum atomic E-state index is -0.465. The number of nitrogens with two attached hydrogens (primary N) is 1. The van der Waals surface area contributed by atoms with Crippen molar-refractivity contribution in [2.45, 2.75) is 51.7 Å². The lowest BCUT2D eigenvalue weighted by Gasteiger charge is -2.27. The molecule has 0 saturated heterocycles. The van der Waals surface area contributed by atoms with Crippen LogP contribution in [-0.4, -0.2) is 62.5 Å². The van der Waals surface area contributed by atoms with Crippen LogP contribution >= 0.6 is 0 Å². The molecular formula is C16H33N3O3. The molecule has 22 heavy (non-hydrogen) atoms. The Morgan fingerprint density at radius 3 is 2.64 bits per heavy atom. The highest BCUT2D eigenvalue weighted by Gasteiger charge is 2.21. The average Bonchev–Trinajstić information content (AvgIpc) is 3.21. The van der Waals surface area contributed by atoms with Gasteiger partial charge in [0.05, 0.1) is 6.61 Å². The van der Waals surface area contributed by atoms with Gasteiger partial charge in [-0.05, 0) is 53.0 Å². The molecule has 0 aliphatic heterocycles. The van der Waals surface area contributed by atoms with Gasteiger partial charge in [-0.1, -0.05) is 0 Å². The SMILES string of the molecule is CN(CCOCC1CC1)C(CN)CCNC(=O)OC(C)(C)C. The number of hydrogen-bond acceptors (Lipinski definition) is 5. The number of hydrogen-bond donors (Lipinski definition) is 2. The molecule has 0 aromatic carbocycles. The fourth-order valence-corrected chi connectivity index (χ4v) is 2.10. The van der Waals surface area contributed by atoms with Gasteiger partial charge in [-0.15, -0.1) is 0 Å². The Labute approximate surface area is 134 Å². The molecule has 6 heteroatoms. The van der Waals surface area contributed by atoms with Gasteiger partial charge in [0.25, 0.3) is 0 Å². The molecule has 0 aromatic heterocycles. The standard InChI is InChI=1S/C16H33N3O3/c1-16(2,3)22-15(20)18-8-7-14(11-17)19(4)9-10-21-12-13-5-6-13/h13-14H,5-12,17H2,1-4H3,(H,18,20). The van der Waals surface area contributed by atoms with Crippen molar-refractivity contribution in [2.75, 3.05) is 39.9 Å². The van der Waals surface area contributed by atoms with E-state index in [4.69, 9.17) is 15.2 Å². The molecule has 0 radical (unpaired) electrons. The molecule has 0 bridgehead atoms. The van der Waals surface area contributed by atoms with Crippen LogP contribution in [0.4, 0.5) is 4.79 Å². The van der Waals surface area contributed by atoms with Gasteiger partial charge in [-0.25, -0.2) is 4.79 Å². The van der Waals surface area contributed by atoms with E-state index in [2.05, 4.69) is 10.2 Å². The number of rotatable bonds is 10. The first-order chi connectivity index (χ1) is 10.3. The lowest BCUT2D eigenvalue weighted by Crippen LogP contribution is -2.42. The molecule has 3 N–H and O–H groups in total. The van der Waals surface area contributed by atoms with E-state index >= 15 is 0 Å². The fraction of sp³-hybridized carbons (Fsp3) is 0.938. The average molecular weight is 315 g/mol. The van der Waals surface area contributed by atoms with E-state index in [1.807, 2.05) is 27.8 Å². The first-order valence-electron chi connectivity index (χ1n) is 8.26. The van der Waals surface area contributed by atoms with Gasteiger partial charge in [0.15, 0.2) is 0 Å². The summed E-state index contributed by atoms with van der Waals surface area (Å²) < 4.78 is 10.9. The van der Waals surface area contributed by atoms with Crippen molar-refractivity contribution in [3.63, 3.8) is 0 Å². The second kappa shape index (κ2) is 9.33. The summed E-state index contributed by atoms with van der Waals surface area (Å²) in [6.07, 6.45) is 3.06. The third-order valence-electron chi connectivity index (χ3n) is 3.68. The van der Waals surface area contributed by atoms with Gasteiger partial charge in [-0.3, -0.25) is 4.90 Å². The molecule has 1 rings (SSSR count). The highest BCUT2D eigenvalue weighted by molar-refractivity contribution is 5.67. The molecule has 0 aromatic rings. The molecular weight excluding hydrogens is 282 g/mol. The highest BCUT2D eigenvalue weighted by atomic mass is 16.6. The predicted molar refractivity (Wildman–Crippen MR) is 87.9 cm³/mol. The van der Waals surface area contributed by atoms with Crippen LogP contribution in [0.1, 0.15) is 40.0 Å². The van der Waals surface area contributed by atoms with E-state index in [9.17, 15) is 4.79 Å². The molecule has 1 atom stereocenters. The van der Waals surface area contributed by atoms with Crippen LogP contribution in [-0.2, 0) is 9.47 Å². The molecule has 1 aliphatic rings. The van der Waals surface area contributed by atoms with Crippen molar-refractivity contribution in [3.05, 3.63) is 0 Å². The van der Waals surface area contributed by atoms with Gasteiger partial charge >= 0.3 is 6.09 Å². The van der Waals surface area contributed by atoms with Crippen LogP contribution in [0.2, 0.25) is 0 Å². The quantitative estimate of drug-likeness (QED) is 0.599. The summed E-state index contributed by atoms with van der Waals surface area (Å²) >= 11 is 0. The van der Waals surface area contributed by atoms with Gasteiger partial charge in [-0.2, -0.15) is 0 Å². The Morgan fingerprint density at radius 2 is 2.09 bits per heavy atom. The molecule has 1 saturated carbocycles.